The molecule has 1 fully saturated rings. The minimum Gasteiger partial charge on any atom is -0.354 e. The van der Waals surface area contributed by atoms with Crippen molar-refractivity contribution in [2.45, 2.75) is 30.6 Å². The van der Waals surface area contributed by atoms with Crippen LogP contribution in [0.2, 0.25) is 0 Å². The smallest absolute Gasteiger partial charge is 0.264 e. The zero-order valence-corrected chi connectivity index (χ0v) is 21.9. The molecule has 0 aromatic heterocycles. The molecule has 37 heavy (non-hydrogen) atoms. The Hall–Kier alpha value is -2.88. The molecule has 0 bridgehead atoms. The van der Waals surface area contributed by atoms with Crippen molar-refractivity contribution in [3.05, 3.63) is 71.8 Å². The fourth-order valence-corrected chi connectivity index (χ4v) is 4.80. The van der Waals surface area contributed by atoms with Crippen LogP contribution in [0.15, 0.2) is 60.7 Å². The monoisotopic (exact) mass is 556 g/mol. The number of ether oxygens (including phenoxy) is 2. The molecule has 2 amide bonds. The summed E-state index contributed by atoms with van der Waals surface area (Å²) in [6.07, 6.45) is -2.48. The van der Waals surface area contributed by atoms with E-state index in [4.69, 9.17) is 17.8 Å². The predicted octanol–water partition coefficient (Wildman–Crippen LogP) is 0.276. The molecule has 2 N–H and O–H groups in total. The molecule has 0 spiro atoms. The largest absolute Gasteiger partial charge is 0.354 e. The number of methoxy groups -OCH3 is 1. The van der Waals surface area contributed by atoms with Crippen LogP contribution in [0.5, 0.6) is 0 Å². The van der Waals surface area contributed by atoms with Crippen molar-refractivity contribution in [3.63, 3.8) is 0 Å². The Labute approximate surface area is 215 Å². The molecule has 0 radical (unpaired) electrons. The molecule has 0 saturated carbocycles. The van der Waals surface area contributed by atoms with Gasteiger partial charge in [0.1, 0.15) is 18.2 Å². The van der Waals surface area contributed by atoms with E-state index in [1.54, 1.807) is 48.5 Å². The fraction of sp³-hybridized carbons (Fsp3) is 0.391. The number of rotatable bonds is 10. The van der Waals surface area contributed by atoms with Crippen molar-refractivity contribution >= 4 is 32.1 Å². The van der Waals surface area contributed by atoms with Crippen LogP contribution in [0.4, 0.5) is 0 Å². The lowest BCUT2D eigenvalue weighted by Crippen LogP contribution is -2.70. The number of hydrogen-bond acceptors (Lipinski definition) is 10. The summed E-state index contributed by atoms with van der Waals surface area (Å²) in [6.45, 7) is -0.643. The van der Waals surface area contributed by atoms with Crippen molar-refractivity contribution in [1.82, 2.24) is 10.6 Å². The molecule has 1 aliphatic rings. The number of amides is 2. The zero-order chi connectivity index (χ0) is 27.2. The molecular formula is C23H28N2O10S2. The maximum Gasteiger partial charge on any atom is 0.264 e. The lowest BCUT2D eigenvalue weighted by atomic mass is 9.93. The number of benzene rings is 2. The highest BCUT2D eigenvalue weighted by molar-refractivity contribution is 7.86. The van der Waals surface area contributed by atoms with Crippen LogP contribution in [-0.2, 0) is 38.1 Å². The molecule has 2 aromatic carbocycles. The molecule has 14 heteroatoms. The van der Waals surface area contributed by atoms with E-state index in [1.165, 1.54) is 19.2 Å². The van der Waals surface area contributed by atoms with Gasteiger partial charge in [-0.05, 0) is 24.3 Å². The molecule has 202 valence electrons. The Balaban J connectivity index is 2.03. The van der Waals surface area contributed by atoms with Gasteiger partial charge in [0, 0.05) is 18.2 Å². The number of carbonyl (C=O) groups is 2. The van der Waals surface area contributed by atoms with E-state index in [0.29, 0.717) is 0 Å². The zero-order valence-electron chi connectivity index (χ0n) is 20.3. The molecule has 0 aliphatic carbocycles. The van der Waals surface area contributed by atoms with Crippen molar-refractivity contribution < 1.29 is 44.3 Å². The van der Waals surface area contributed by atoms with Crippen molar-refractivity contribution in [1.29, 1.82) is 0 Å². The third-order valence-electron chi connectivity index (χ3n) is 5.34. The van der Waals surface area contributed by atoms with Crippen LogP contribution in [-0.4, -0.2) is 85.5 Å². The van der Waals surface area contributed by atoms with Crippen molar-refractivity contribution in [2.24, 2.45) is 0 Å². The second-order valence-corrected chi connectivity index (χ2v) is 11.5. The average molecular weight is 557 g/mol. The van der Waals surface area contributed by atoms with E-state index < -0.39 is 69.2 Å². The maximum atomic E-state index is 13.1. The maximum absolute atomic E-state index is 13.1. The summed E-state index contributed by atoms with van der Waals surface area (Å²) in [4.78, 5) is 26.1. The summed E-state index contributed by atoms with van der Waals surface area (Å²) in [7, 11) is -6.84. The molecule has 12 nitrogen and oxygen atoms in total. The van der Waals surface area contributed by atoms with E-state index >= 15 is 0 Å². The lowest BCUT2D eigenvalue weighted by molar-refractivity contribution is -0.231. The Kier molecular flexibility index (Phi) is 9.39. The van der Waals surface area contributed by atoms with Crippen LogP contribution < -0.4 is 10.6 Å². The summed E-state index contributed by atoms with van der Waals surface area (Å²) in [5.74, 6) is -1.16. The van der Waals surface area contributed by atoms with Gasteiger partial charge >= 0.3 is 0 Å². The summed E-state index contributed by atoms with van der Waals surface area (Å²) in [5, 5.41) is 5.41. The van der Waals surface area contributed by atoms with Gasteiger partial charge in [-0.15, -0.1) is 0 Å². The third-order valence-corrected chi connectivity index (χ3v) is 6.48. The fourth-order valence-electron chi connectivity index (χ4n) is 3.77. The Morgan fingerprint density at radius 1 is 0.811 bits per heavy atom. The van der Waals surface area contributed by atoms with Gasteiger partial charge in [-0.1, -0.05) is 36.4 Å². The molecule has 3 rings (SSSR count). The predicted molar refractivity (Wildman–Crippen MR) is 132 cm³/mol. The molecule has 5 unspecified atom stereocenters. The lowest BCUT2D eigenvalue weighted by Gasteiger charge is -2.45. The quantitative estimate of drug-likeness (QED) is 0.389. The van der Waals surface area contributed by atoms with Gasteiger partial charge in [-0.2, -0.15) is 16.8 Å². The third kappa shape index (κ3) is 8.31. The van der Waals surface area contributed by atoms with E-state index in [9.17, 15) is 26.4 Å². The Morgan fingerprint density at radius 2 is 1.30 bits per heavy atom. The second-order valence-electron chi connectivity index (χ2n) is 8.26. The van der Waals surface area contributed by atoms with Gasteiger partial charge in [0.05, 0.1) is 25.2 Å². The van der Waals surface area contributed by atoms with E-state index in [-0.39, 0.29) is 11.1 Å². The first-order valence-corrected chi connectivity index (χ1v) is 14.6. The first kappa shape index (κ1) is 28.7. The summed E-state index contributed by atoms with van der Waals surface area (Å²) < 4.78 is 68.9. The normalized spacial score (nSPS) is 24.2. The first-order chi connectivity index (χ1) is 17.4. The summed E-state index contributed by atoms with van der Waals surface area (Å²) >= 11 is 0. The molecular weight excluding hydrogens is 528 g/mol. The highest BCUT2D eigenvalue weighted by atomic mass is 32.2. The van der Waals surface area contributed by atoms with E-state index in [0.717, 1.165) is 12.5 Å². The van der Waals surface area contributed by atoms with E-state index in [1.807, 2.05) is 0 Å². The number of nitrogens with one attached hydrogen (secondary N) is 2. The van der Waals surface area contributed by atoms with Crippen LogP contribution in [0.1, 0.15) is 20.7 Å². The van der Waals surface area contributed by atoms with Gasteiger partial charge < -0.3 is 20.1 Å². The van der Waals surface area contributed by atoms with Crippen LogP contribution in [0.25, 0.3) is 0 Å². The molecule has 1 heterocycles. The van der Waals surface area contributed by atoms with Crippen LogP contribution >= 0.6 is 0 Å². The molecule has 2 aromatic rings. The minimum absolute atomic E-state index is 0.248. The SMILES string of the molecule is COC1OC(COS(C)(=O)=O)C(OS(C)(=O)=O)C(NC(=O)c2ccccc2)C1NC(=O)c1ccccc1. The Morgan fingerprint density at radius 3 is 1.73 bits per heavy atom. The topological polar surface area (TPSA) is 163 Å². The summed E-state index contributed by atoms with van der Waals surface area (Å²) in [5.41, 5.74) is 0.534. The van der Waals surface area contributed by atoms with E-state index in [2.05, 4.69) is 10.6 Å². The van der Waals surface area contributed by atoms with Crippen molar-refractivity contribution in [3.8, 4) is 0 Å². The average Bonchev–Trinajstić information content (AvgIpc) is 2.84. The summed E-state index contributed by atoms with van der Waals surface area (Å²) in [6, 6.07) is 13.8. The number of hydrogen-bond donors (Lipinski definition) is 2. The minimum atomic E-state index is -4.16. The highest BCUT2D eigenvalue weighted by Crippen LogP contribution is 2.27. The van der Waals surface area contributed by atoms with Crippen molar-refractivity contribution in [2.75, 3.05) is 26.2 Å². The second kappa shape index (κ2) is 12.1. The van der Waals surface area contributed by atoms with Gasteiger partial charge in [0.15, 0.2) is 6.29 Å². The number of carbonyl (C=O) groups excluding carboxylic acids is 2. The standard InChI is InChI=1S/C23H28N2O10S2/c1-32-23-19(25-22(27)16-12-8-5-9-13-16)18(24-21(26)15-10-6-4-7-11-15)20(35-37(3,30)31)17(34-23)14-33-36(2,28)29/h4-13,17-20,23H,14H2,1-3H3,(H,24,26)(H,25,27). The first-order valence-electron chi connectivity index (χ1n) is 11.0. The molecule has 1 saturated heterocycles. The van der Waals surface area contributed by atoms with Crippen LogP contribution in [0.3, 0.4) is 0 Å². The van der Waals surface area contributed by atoms with Gasteiger partial charge in [-0.25, -0.2) is 0 Å². The van der Waals surface area contributed by atoms with Gasteiger partial charge in [0.25, 0.3) is 32.1 Å². The van der Waals surface area contributed by atoms with Gasteiger partial charge in [-0.3, -0.25) is 18.0 Å². The Bertz CT molecular complexity index is 1290. The van der Waals surface area contributed by atoms with Crippen LogP contribution in [0, 0.1) is 0 Å². The molecule has 5 atom stereocenters. The highest BCUT2D eigenvalue weighted by Gasteiger charge is 2.50. The molecule has 1 aliphatic heterocycles. The van der Waals surface area contributed by atoms with Gasteiger partial charge in [0.2, 0.25) is 0 Å².